The molecule has 1 amide bonds. The summed E-state index contributed by atoms with van der Waals surface area (Å²) in [4.78, 5) is 16.5. The molecule has 30 heavy (non-hydrogen) atoms. The Labute approximate surface area is 179 Å². The number of amides is 1. The van der Waals surface area contributed by atoms with Gasteiger partial charge in [-0.25, -0.2) is 4.98 Å². The molecule has 4 aromatic rings. The third-order valence-electron chi connectivity index (χ3n) is 4.66. The lowest BCUT2D eigenvalue weighted by molar-refractivity contribution is 0.0951. The van der Waals surface area contributed by atoms with Gasteiger partial charge in [0.15, 0.2) is 0 Å². The first-order valence-corrected chi connectivity index (χ1v) is 9.88. The summed E-state index contributed by atoms with van der Waals surface area (Å²) >= 11 is 6.14. The van der Waals surface area contributed by atoms with Crippen LogP contribution in [0, 0.1) is 0 Å². The van der Waals surface area contributed by atoms with E-state index < -0.39 is 0 Å². The van der Waals surface area contributed by atoms with Crippen LogP contribution < -0.4 is 10.1 Å². The van der Waals surface area contributed by atoms with Crippen LogP contribution in [0.4, 0.5) is 0 Å². The number of carbonyl (C=O) groups excluding carboxylic acids is 1. The van der Waals surface area contributed by atoms with Crippen molar-refractivity contribution in [3.05, 3.63) is 113 Å². The van der Waals surface area contributed by atoms with Crippen molar-refractivity contribution in [3.8, 4) is 11.4 Å². The fourth-order valence-corrected chi connectivity index (χ4v) is 3.15. The van der Waals surface area contributed by atoms with Gasteiger partial charge in [-0.2, -0.15) is 0 Å². The number of imidazole rings is 1. The van der Waals surface area contributed by atoms with Gasteiger partial charge in [0.25, 0.3) is 5.91 Å². The minimum Gasteiger partial charge on any atom is -0.489 e. The number of ether oxygens (including phenoxy) is 1. The highest BCUT2D eigenvalue weighted by Crippen LogP contribution is 2.19. The van der Waals surface area contributed by atoms with E-state index in [1.807, 2.05) is 59.3 Å². The van der Waals surface area contributed by atoms with E-state index in [1.165, 1.54) is 0 Å². The molecule has 0 saturated heterocycles. The van der Waals surface area contributed by atoms with Crippen LogP contribution in [-0.2, 0) is 13.2 Å². The van der Waals surface area contributed by atoms with Gasteiger partial charge in [-0.3, -0.25) is 4.79 Å². The van der Waals surface area contributed by atoms with E-state index in [9.17, 15) is 4.79 Å². The second kappa shape index (κ2) is 9.29. The topological polar surface area (TPSA) is 56.2 Å². The number of benzene rings is 3. The second-order valence-corrected chi connectivity index (χ2v) is 7.13. The summed E-state index contributed by atoms with van der Waals surface area (Å²) < 4.78 is 7.68. The van der Waals surface area contributed by atoms with Crippen molar-refractivity contribution < 1.29 is 9.53 Å². The molecule has 150 valence electrons. The van der Waals surface area contributed by atoms with E-state index >= 15 is 0 Å². The molecule has 0 unspecified atom stereocenters. The first kappa shape index (κ1) is 19.7. The van der Waals surface area contributed by atoms with Crippen molar-refractivity contribution in [3.63, 3.8) is 0 Å². The van der Waals surface area contributed by atoms with E-state index in [0.29, 0.717) is 29.5 Å². The van der Waals surface area contributed by atoms with Crippen LogP contribution in [0.25, 0.3) is 5.69 Å². The van der Waals surface area contributed by atoms with Crippen LogP contribution in [0.15, 0.2) is 91.5 Å². The zero-order valence-electron chi connectivity index (χ0n) is 16.2. The molecule has 0 aliphatic heterocycles. The Morgan fingerprint density at radius 2 is 1.77 bits per heavy atom. The Morgan fingerprint density at radius 3 is 2.47 bits per heavy atom. The van der Waals surface area contributed by atoms with Gasteiger partial charge in [0.2, 0.25) is 0 Å². The molecular formula is C24H20ClN3O2. The van der Waals surface area contributed by atoms with Crippen LogP contribution in [-0.4, -0.2) is 15.5 Å². The van der Waals surface area contributed by atoms with Crippen LogP contribution in [0.3, 0.4) is 0 Å². The summed E-state index contributed by atoms with van der Waals surface area (Å²) in [6.45, 7) is 0.827. The Bertz CT molecular complexity index is 1110. The maximum Gasteiger partial charge on any atom is 0.251 e. The van der Waals surface area contributed by atoms with Gasteiger partial charge in [-0.15, -0.1) is 0 Å². The highest BCUT2D eigenvalue weighted by atomic mass is 35.5. The number of nitrogens with one attached hydrogen (secondary N) is 1. The van der Waals surface area contributed by atoms with Crippen molar-refractivity contribution in [1.82, 2.24) is 14.9 Å². The van der Waals surface area contributed by atoms with Crippen molar-refractivity contribution in [1.29, 1.82) is 0 Å². The van der Waals surface area contributed by atoms with Gasteiger partial charge in [-0.1, -0.05) is 41.9 Å². The molecule has 4 rings (SSSR count). The Hall–Kier alpha value is -3.57. The molecule has 0 aliphatic rings. The fraction of sp³-hybridized carbons (Fsp3) is 0.0833. The second-order valence-electron chi connectivity index (χ2n) is 6.72. The highest BCUT2D eigenvalue weighted by molar-refractivity contribution is 6.31. The molecule has 6 heteroatoms. The maximum atomic E-state index is 12.4. The minimum absolute atomic E-state index is 0.133. The average Bonchev–Trinajstić information content (AvgIpc) is 3.33. The summed E-state index contributed by atoms with van der Waals surface area (Å²) in [5, 5.41) is 3.61. The molecule has 1 heterocycles. The predicted octanol–water partition coefficient (Wildman–Crippen LogP) is 5.03. The summed E-state index contributed by atoms with van der Waals surface area (Å²) in [7, 11) is 0. The third kappa shape index (κ3) is 4.88. The average molecular weight is 418 g/mol. The molecule has 0 saturated carbocycles. The zero-order chi connectivity index (χ0) is 20.8. The van der Waals surface area contributed by atoms with Crippen LogP contribution in [0.1, 0.15) is 21.5 Å². The van der Waals surface area contributed by atoms with E-state index in [4.69, 9.17) is 16.3 Å². The number of nitrogens with zero attached hydrogens (tertiary/aromatic N) is 2. The molecule has 5 nitrogen and oxygen atoms in total. The number of halogens is 1. The molecule has 0 spiro atoms. The predicted molar refractivity (Wildman–Crippen MR) is 117 cm³/mol. The quantitative estimate of drug-likeness (QED) is 0.458. The molecule has 0 fully saturated rings. The molecule has 1 N–H and O–H groups in total. The van der Waals surface area contributed by atoms with Crippen LogP contribution in [0.5, 0.6) is 5.75 Å². The summed E-state index contributed by atoms with van der Waals surface area (Å²) in [5.74, 6) is 0.549. The van der Waals surface area contributed by atoms with Crippen LogP contribution in [0.2, 0.25) is 5.02 Å². The summed E-state index contributed by atoms with van der Waals surface area (Å²) in [5.41, 5.74) is 3.54. The fourth-order valence-electron chi connectivity index (χ4n) is 2.96. The van der Waals surface area contributed by atoms with E-state index in [-0.39, 0.29) is 5.91 Å². The molecule has 0 aliphatic carbocycles. The number of rotatable bonds is 7. The summed E-state index contributed by atoms with van der Waals surface area (Å²) in [6.07, 6.45) is 5.37. The van der Waals surface area contributed by atoms with Crippen molar-refractivity contribution in [2.75, 3.05) is 0 Å². The number of hydrogen-bond acceptors (Lipinski definition) is 3. The molecule has 0 bridgehead atoms. The Morgan fingerprint density at radius 1 is 1.00 bits per heavy atom. The lowest BCUT2D eigenvalue weighted by Gasteiger charge is -2.09. The normalized spacial score (nSPS) is 10.6. The lowest BCUT2D eigenvalue weighted by Crippen LogP contribution is -2.22. The monoisotopic (exact) mass is 417 g/mol. The minimum atomic E-state index is -0.133. The Balaban J connectivity index is 1.30. The van der Waals surface area contributed by atoms with Crippen molar-refractivity contribution in [2.45, 2.75) is 13.2 Å². The number of carbonyl (C=O) groups is 1. The molecule has 0 atom stereocenters. The van der Waals surface area contributed by atoms with E-state index in [2.05, 4.69) is 10.3 Å². The SMILES string of the molecule is O=C(NCc1ccc(-n2ccnc2)cc1)c1ccc(OCc2ccccc2Cl)cc1. The summed E-state index contributed by atoms with van der Waals surface area (Å²) in [6, 6.07) is 22.6. The Kier molecular flexibility index (Phi) is 6.11. The number of aromatic nitrogens is 2. The highest BCUT2D eigenvalue weighted by Gasteiger charge is 2.07. The first-order chi connectivity index (χ1) is 14.7. The van der Waals surface area contributed by atoms with Gasteiger partial charge in [0.1, 0.15) is 12.4 Å². The molecule has 3 aromatic carbocycles. The molecule has 1 aromatic heterocycles. The first-order valence-electron chi connectivity index (χ1n) is 9.51. The van der Waals surface area contributed by atoms with E-state index in [0.717, 1.165) is 16.8 Å². The maximum absolute atomic E-state index is 12.4. The van der Waals surface area contributed by atoms with Gasteiger partial charge in [-0.05, 0) is 48.0 Å². The zero-order valence-corrected chi connectivity index (χ0v) is 16.9. The van der Waals surface area contributed by atoms with Gasteiger partial charge in [0, 0.05) is 40.8 Å². The van der Waals surface area contributed by atoms with Gasteiger partial charge < -0.3 is 14.6 Å². The lowest BCUT2D eigenvalue weighted by atomic mass is 10.1. The van der Waals surface area contributed by atoms with Crippen molar-refractivity contribution in [2.24, 2.45) is 0 Å². The largest absolute Gasteiger partial charge is 0.489 e. The smallest absolute Gasteiger partial charge is 0.251 e. The number of hydrogen-bond donors (Lipinski definition) is 1. The standard InChI is InChI=1S/C24H20ClN3O2/c25-23-4-2-1-3-20(23)16-30-22-11-7-19(8-12-22)24(29)27-15-18-5-9-21(10-6-18)28-14-13-26-17-28/h1-14,17H,15-16H2,(H,27,29). The molecule has 0 radical (unpaired) electrons. The third-order valence-corrected chi connectivity index (χ3v) is 5.03. The molecular weight excluding hydrogens is 398 g/mol. The van der Waals surface area contributed by atoms with Crippen molar-refractivity contribution >= 4 is 17.5 Å². The van der Waals surface area contributed by atoms with Gasteiger partial charge in [0.05, 0.1) is 6.33 Å². The van der Waals surface area contributed by atoms with E-state index in [1.54, 1.807) is 36.8 Å². The van der Waals surface area contributed by atoms with Gasteiger partial charge >= 0.3 is 0 Å². The van der Waals surface area contributed by atoms with Crippen LogP contribution >= 0.6 is 11.6 Å².